The van der Waals surface area contributed by atoms with Gasteiger partial charge in [-0.05, 0) is 19.1 Å². The first-order chi connectivity index (χ1) is 7.06. The molecule has 0 aliphatic carbocycles. The Morgan fingerprint density at radius 3 is 2.67 bits per heavy atom. The van der Waals surface area contributed by atoms with Gasteiger partial charge in [0.1, 0.15) is 5.82 Å². The number of fused-ring (bicyclic) bond motifs is 1. The van der Waals surface area contributed by atoms with Gasteiger partial charge in [-0.3, -0.25) is 9.59 Å². The largest absolute Gasteiger partial charge is 0.302 e. The summed E-state index contributed by atoms with van der Waals surface area (Å²) in [6.45, 7) is 1.98. The molecule has 1 aromatic carbocycles. The fourth-order valence-corrected chi connectivity index (χ4v) is 2.08. The molecule has 0 bridgehead atoms. The van der Waals surface area contributed by atoms with Crippen LogP contribution in [-0.4, -0.2) is 18.2 Å². The summed E-state index contributed by atoms with van der Waals surface area (Å²) in [7, 11) is 0. The highest BCUT2D eigenvalue weighted by Crippen LogP contribution is 2.33. The number of amides is 1. The number of nitrogens with zero attached hydrogens (tertiary/aromatic N) is 1. The molecule has 0 radical (unpaired) electrons. The molecule has 3 nitrogen and oxygen atoms in total. The predicted molar refractivity (Wildman–Crippen MR) is 56.5 cm³/mol. The molecular formula is C10H7BrFNO2. The number of carbonyl (C=O) groups excluding carboxylic acids is 2. The average molecular weight is 272 g/mol. The van der Waals surface area contributed by atoms with E-state index in [1.165, 1.54) is 12.1 Å². The maximum atomic E-state index is 13.6. The highest BCUT2D eigenvalue weighted by molar-refractivity contribution is 9.10. The van der Waals surface area contributed by atoms with Crippen molar-refractivity contribution in [1.82, 2.24) is 0 Å². The van der Waals surface area contributed by atoms with E-state index >= 15 is 0 Å². The summed E-state index contributed by atoms with van der Waals surface area (Å²) in [5.41, 5.74) is 0.226. The first kappa shape index (κ1) is 10.3. The third-order valence-corrected chi connectivity index (χ3v) is 2.76. The van der Waals surface area contributed by atoms with E-state index in [0.717, 1.165) is 4.90 Å². The van der Waals surface area contributed by atoms with Crippen LogP contribution in [0.1, 0.15) is 17.3 Å². The van der Waals surface area contributed by atoms with Crippen molar-refractivity contribution in [3.63, 3.8) is 0 Å². The second-order valence-corrected chi connectivity index (χ2v) is 4.08. The molecule has 0 aromatic heterocycles. The van der Waals surface area contributed by atoms with Crippen molar-refractivity contribution >= 4 is 33.3 Å². The molecule has 0 N–H and O–H groups in total. The highest BCUT2D eigenvalue weighted by atomic mass is 79.9. The Labute approximate surface area is 94.0 Å². The van der Waals surface area contributed by atoms with Crippen molar-refractivity contribution < 1.29 is 14.0 Å². The van der Waals surface area contributed by atoms with Gasteiger partial charge in [-0.25, -0.2) is 4.39 Å². The number of ketones is 1. The lowest BCUT2D eigenvalue weighted by atomic mass is 10.1. The van der Waals surface area contributed by atoms with Gasteiger partial charge in [0, 0.05) is 11.0 Å². The lowest BCUT2D eigenvalue weighted by Crippen LogP contribution is -2.29. The average Bonchev–Trinajstić information content (AvgIpc) is 2.42. The van der Waals surface area contributed by atoms with E-state index in [2.05, 4.69) is 15.9 Å². The molecule has 78 valence electrons. The van der Waals surface area contributed by atoms with Crippen molar-refractivity contribution in [2.45, 2.75) is 6.92 Å². The number of carbonyl (C=O) groups is 2. The summed E-state index contributed by atoms with van der Waals surface area (Å²) in [4.78, 5) is 24.1. The van der Waals surface area contributed by atoms with E-state index in [4.69, 9.17) is 0 Å². The molecule has 2 rings (SSSR count). The molecule has 0 atom stereocenters. The van der Waals surface area contributed by atoms with E-state index in [1.807, 2.05) is 0 Å². The Morgan fingerprint density at radius 1 is 1.40 bits per heavy atom. The molecule has 0 fully saturated rings. The minimum absolute atomic E-state index is 0.0932. The van der Waals surface area contributed by atoms with Crippen LogP contribution >= 0.6 is 15.9 Å². The van der Waals surface area contributed by atoms with Crippen LogP contribution in [0.15, 0.2) is 16.6 Å². The smallest absolute Gasteiger partial charge is 0.299 e. The van der Waals surface area contributed by atoms with Gasteiger partial charge in [0.15, 0.2) is 0 Å². The first-order valence-corrected chi connectivity index (χ1v) is 5.20. The number of anilines is 1. The third kappa shape index (κ3) is 1.38. The topological polar surface area (TPSA) is 37.4 Å². The van der Waals surface area contributed by atoms with E-state index in [1.54, 1.807) is 6.92 Å². The Morgan fingerprint density at radius 2 is 2.07 bits per heavy atom. The zero-order chi connectivity index (χ0) is 11.2. The van der Waals surface area contributed by atoms with Crippen LogP contribution in [0, 0.1) is 5.82 Å². The number of rotatable bonds is 1. The van der Waals surface area contributed by atoms with Gasteiger partial charge >= 0.3 is 0 Å². The molecule has 0 saturated heterocycles. The molecule has 1 aliphatic rings. The summed E-state index contributed by atoms with van der Waals surface area (Å²) in [5.74, 6) is -1.86. The Hall–Kier alpha value is -1.23. The Balaban J connectivity index is 2.70. The highest BCUT2D eigenvalue weighted by Gasteiger charge is 2.37. The van der Waals surface area contributed by atoms with E-state index in [0.29, 0.717) is 4.47 Å². The normalized spacial score (nSPS) is 14.7. The van der Waals surface area contributed by atoms with Gasteiger partial charge in [0.25, 0.3) is 11.7 Å². The van der Waals surface area contributed by atoms with Crippen LogP contribution < -0.4 is 4.90 Å². The van der Waals surface area contributed by atoms with Gasteiger partial charge in [-0.1, -0.05) is 15.9 Å². The standard InChI is InChI=1S/C10H7BrFNO2/c1-2-13-8-6(9(14)10(13)15)3-5(11)4-7(8)12/h3-4H,2H2,1H3. The van der Waals surface area contributed by atoms with Crippen molar-refractivity contribution in [2.75, 3.05) is 11.4 Å². The Bertz CT molecular complexity index is 473. The predicted octanol–water partition coefficient (Wildman–Crippen LogP) is 2.14. The van der Waals surface area contributed by atoms with E-state index in [-0.39, 0.29) is 17.8 Å². The molecule has 1 aromatic rings. The zero-order valence-corrected chi connectivity index (χ0v) is 9.47. The van der Waals surface area contributed by atoms with E-state index in [9.17, 15) is 14.0 Å². The second-order valence-electron chi connectivity index (χ2n) is 3.16. The van der Waals surface area contributed by atoms with Crippen molar-refractivity contribution in [1.29, 1.82) is 0 Å². The number of Topliss-reactive ketones (excluding diaryl/α,β-unsaturated/α-hetero) is 1. The van der Waals surface area contributed by atoms with Crippen LogP contribution in [0.4, 0.5) is 10.1 Å². The molecule has 0 unspecified atom stereocenters. The summed E-state index contributed by atoms with van der Waals surface area (Å²) < 4.78 is 14.0. The molecule has 1 aliphatic heterocycles. The molecule has 1 heterocycles. The Kier molecular flexibility index (Phi) is 2.34. The van der Waals surface area contributed by atoms with Gasteiger partial charge in [0.2, 0.25) is 0 Å². The minimum Gasteiger partial charge on any atom is -0.302 e. The molecular weight excluding hydrogens is 265 g/mol. The molecule has 0 spiro atoms. The number of hydrogen-bond acceptors (Lipinski definition) is 2. The van der Waals surface area contributed by atoms with Crippen molar-refractivity contribution in [3.05, 3.63) is 28.0 Å². The van der Waals surface area contributed by atoms with Gasteiger partial charge < -0.3 is 4.90 Å². The maximum absolute atomic E-state index is 13.6. The van der Waals surface area contributed by atoms with Crippen LogP contribution in [0.25, 0.3) is 0 Å². The van der Waals surface area contributed by atoms with Crippen molar-refractivity contribution in [2.24, 2.45) is 0 Å². The van der Waals surface area contributed by atoms with Gasteiger partial charge in [-0.2, -0.15) is 0 Å². The van der Waals surface area contributed by atoms with Crippen LogP contribution in [0.2, 0.25) is 0 Å². The van der Waals surface area contributed by atoms with Crippen LogP contribution in [0.5, 0.6) is 0 Å². The zero-order valence-electron chi connectivity index (χ0n) is 7.88. The van der Waals surface area contributed by atoms with Crippen molar-refractivity contribution in [3.8, 4) is 0 Å². The van der Waals surface area contributed by atoms with Gasteiger partial charge in [0.05, 0.1) is 11.3 Å². The fraction of sp³-hybridized carbons (Fsp3) is 0.200. The second kappa shape index (κ2) is 3.41. The fourth-order valence-electron chi connectivity index (χ4n) is 1.65. The first-order valence-electron chi connectivity index (χ1n) is 4.41. The summed E-state index contributed by atoms with van der Waals surface area (Å²) >= 11 is 3.08. The number of likely N-dealkylation sites (N-methyl/N-ethyl adjacent to an activating group) is 1. The van der Waals surface area contributed by atoms with E-state index < -0.39 is 17.5 Å². The quantitative estimate of drug-likeness (QED) is 0.734. The molecule has 15 heavy (non-hydrogen) atoms. The minimum atomic E-state index is -0.662. The number of halogens is 2. The SMILES string of the molecule is CCN1C(=O)C(=O)c2cc(Br)cc(F)c21. The van der Waals surface area contributed by atoms with Crippen LogP contribution in [0.3, 0.4) is 0 Å². The molecule has 1 amide bonds. The number of hydrogen-bond donors (Lipinski definition) is 0. The lowest BCUT2D eigenvalue weighted by Gasteiger charge is -2.13. The monoisotopic (exact) mass is 271 g/mol. The maximum Gasteiger partial charge on any atom is 0.299 e. The molecule has 0 saturated carbocycles. The number of benzene rings is 1. The molecule has 5 heteroatoms. The van der Waals surface area contributed by atoms with Gasteiger partial charge in [-0.15, -0.1) is 0 Å². The third-order valence-electron chi connectivity index (χ3n) is 2.30. The van der Waals surface area contributed by atoms with Crippen LogP contribution in [-0.2, 0) is 4.79 Å². The summed E-state index contributed by atoms with van der Waals surface area (Å²) in [6, 6.07) is 2.71. The summed E-state index contributed by atoms with van der Waals surface area (Å²) in [6.07, 6.45) is 0. The lowest BCUT2D eigenvalue weighted by molar-refractivity contribution is -0.114. The summed E-state index contributed by atoms with van der Waals surface area (Å²) in [5, 5.41) is 0.